The average molecular weight is 290 g/mol. The van der Waals surface area contributed by atoms with Crippen LogP contribution < -0.4 is 5.73 Å². The minimum Gasteiger partial charge on any atom is -0.393 e. The quantitative estimate of drug-likeness (QED) is 0.400. The number of nitrogens with two attached hydrogens (primary N) is 1. The summed E-state index contributed by atoms with van der Waals surface area (Å²) in [6.45, 7) is 5.16. The molecular weight excluding hydrogens is 264 g/mol. The van der Waals surface area contributed by atoms with E-state index in [9.17, 15) is 0 Å². The van der Waals surface area contributed by atoms with Crippen LogP contribution >= 0.6 is 12.2 Å². The van der Waals surface area contributed by atoms with E-state index in [4.69, 9.17) is 32.2 Å². The predicted molar refractivity (Wildman–Crippen MR) is 79.5 cm³/mol. The predicted octanol–water partition coefficient (Wildman–Crippen LogP) is 0.807. The lowest BCUT2D eigenvalue weighted by atomic mass is 10.3. The minimum atomic E-state index is 0.595. The molecule has 0 aromatic heterocycles. The third kappa shape index (κ3) is 9.29. The van der Waals surface area contributed by atoms with Crippen LogP contribution in [0.2, 0.25) is 0 Å². The summed E-state index contributed by atoms with van der Waals surface area (Å²) in [5.41, 5.74) is 5.54. The maximum Gasteiger partial charge on any atom is 0.0740 e. The highest BCUT2D eigenvalue weighted by atomic mass is 32.1. The Kier molecular flexibility index (Phi) is 9.28. The molecule has 1 aliphatic rings. The van der Waals surface area contributed by atoms with Gasteiger partial charge in [0.2, 0.25) is 0 Å². The Bertz CT molecular complexity index is 250. The summed E-state index contributed by atoms with van der Waals surface area (Å²) in [4.78, 5) is 3.02. The van der Waals surface area contributed by atoms with Crippen LogP contribution in [0.4, 0.5) is 0 Å². The molecule has 6 heteroatoms. The maximum absolute atomic E-state index is 5.56. The molecule has 0 spiro atoms. The van der Waals surface area contributed by atoms with Gasteiger partial charge in [-0.2, -0.15) is 0 Å². The molecule has 0 atom stereocenters. The van der Waals surface area contributed by atoms with Gasteiger partial charge in [0.15, 0.2) is 0 Å². The number of thiocarbonyl (C=S) groups is 1. The molecule has 0 unspecified atom stereocenters. The van der Waals surface area contributed by atoms with Crippen molar-refractivity contribution >= 4 is 17.2 Å². The highest BCUT2D eigenvalue weighted by Crippen LogP contribution is 2.26. The molecule has 1 fully saturated rings. The molecule has 112 valence electrons. The Hall–Kier alpha value is -0.270. The standard InChI is InChI=1S/C13H26N2O3S/c1-16-8-9-18-11-10-17-7-6-15(12-2-3-12)5-4-13(14)19/h12H,2-11H2,1H3,(H2,14,19). The van der Waals surface area contributed by atoms with Gasteiger partial charge in [0.1, 0.15) is 0 Å². The van der Waals surface area contributed by atoms with Gasteiger partial charge >= 0.3 is 0 Å². The van der Waals surface area contributed by atoms with Crippen molar-refractivity contribution in [3.63, 3.8) is 0 Å². The molecule has 1 aliphatic carbocycles. The van der Waals surface area contributed by atoms with Crippen LogP contribution in [0.3, 0.4) is 0 Å². The largest absolute Gasteiger partial charge is 0.393 e. The molecule has 2 N–H and O–H groups in total. The van der Waals surface area contributed by atoms with E-state index in [0.29, 0.717) is 31.4 Å². The number of rotatable bonds is 13. The van der Waals surface area contributed by atoms with Gasteiger partial charge in [-0.15, -0.1) is 0 Å². The molecule has 0 saturated heterocycles. The molecular formula is C13H26N2O3S. The van der Waals surface area contributed by atoms with Crippen molar-refractivity contribution in [3.8, 4) is 0 Å². The fourth-order valence-electron chi connectivity index (χ4n) is 1.82. The minimum absolute atomic E-state index is 0.595. The number of methoxy groups -OCH3 is 1. The number of ether oxygens (including phenoxy) is 3. The lowest BCUT2D eigenvalue weighted by Gasteiger charge is -2.21. The van der Waals surface area contributed by atoms with Gasteiger partial charge in [-0.05, 0) is 12.8 Å². The van der Waals surface area contributed by atoms with Crippen LogP contribution in [-0.4, -0.2) is 69.2 Å². The highest BCUT2D eigenvalue weighted by molar-refractivity contribution is 7.80. The fourth-order valence-corrected chi connectivity index (χ4v) is 1.91. The first-order valence-corrected chi connectivity index (χ1v) is 7.31. The summed E-state index contributed by atoms with van der Waals surface area (Å²) >= 11 is 4.92. The fraction of sp³-hybridized carbons (Fsp3) is 0.923. The first-order valence-electron chi connectivity index (χ1n) is 6.91. The number of nitrogens with zero attached hydrogens (tertiary/aromatic N) is 1. The molecule has 0 amide bonds. The summed E-state index contributed by atoms with van der Waals surface area (Å²) in [7, 11) is 1.67. The van der Waals surface area contributed by atoms with Crippen LogP contribution in [0, 0.1) is 0 Å². The Morgan fingerprint density at radius 3 is 2.32 bits per heavy atom. The summed E-state index contributed by atoms with van der Waals surface area (Å²) in [5, 5.41) is 0. The zero-order chi connectivity index (χ0) is 13.9. The molecule has 19 heavy (non-hydrogen) atoms. The van der Waals surface area contributed by atoms with Crippen LogP contribution in [0.1, 0.15) is 19.3 Å². The second-order valence-corrected chi connectivity index (χ2v) is 5.23. The Labute approximate surface area is 121 Å². The molecule has 1 rings (SSSR count). The van der Waals surface area contributed by atoms with E-state index in [2.05, 4.69) is 4.90 Å². The lowest BCUT2D eigenvalue weighted by Crippen LogP contribution is -2.33. The van der Waals surface area contributed by atoms with Gasteiger partial charge in [-0.25, -0.2) is 0 Å². The molecule has 0 aromatic carbocycles. The van der Waals surface area contributed by atoms with Crippen LogP contribution in [0.25, 0.3) is 0 Å². The van der Waals surface area contributed by atoms with Crippen molar-refractivity contribution in [2.45, 2.75) is 25.3 Å². The van der Waals surface area contributed by atoms with Crippen LogP contribution in [0.15, 0.2) is 0 Å². The molecule has 0 radical (unpaired) electrons. The molecule has 0 bridgehead atoms. The number of hydrogen-bond acceptors (Lipinski definition) is 5. The molecule has 5 nitrogen and oxygen atoms in total. The first kappa shape index (κ1) is 16.8. The van der Waals surface area contributed by atoms with E-state index in [1.807, 2.05) is 0 Å². The van der Waals surface area contributed by atoms with E-state index in [-0.39, 0.29) is 0 Å². The summed E-state index contributed by atoms with van der Waals surface area (Å²) < 4.78 is 15.8. The van der Waals surface area contributed by atoms with E-state index in [1.165, 1.54) is 12.8 Å². The second-order valence-electron chi connectivity index (χ2n) is 4.70. The Balaban J connectivity index is 1.94. The topological polar surface area (TPSA) is 57.0 Å². The SMILES string of the molecule is COCCOCCOCCN(CCC(N)=S)C1CC1. The zero-order valence-electron chi connectivity index (χ0n) is 11.8. The first-order chi connectivity index (χ1) is 9.24. The van der Waals surface area contributed by atoms with E-state index < -0.39 is 0 Å². The van der Waals surface area contributed by atoms with Gasteiger partial charge in [-0.1, -0.05) is 12.2 Å². The highest BCUT2D eigenvalue weighted by Gasteiger charge is 2.28. The van der Waals surface area contributed by atoms with Crippen molar-refractivity contribution < 1.29 is 14.2 Å². The van der Waals surface area contributed by atoms with E-state index in [1.54, 1.807) is 7.11 Å². The molecule has 1 saturated carbocycles. The monoisotopic (exact) mass is 290 g/mol. The zero-order valence-corrected chi connectivity index (χ0v) is 12.6. The summed E-state index contributed by atoms with van der Waals surface area (Å²) in [5.74, 6) is 0. The third-order valence-corrected chi connectivity index (χ3v) is 3.24. The Morgan fingerprint density at radius 1 is 1.11 bits per heavy atom. The van der Waals surface area contributed by atoms with E-state index in [0.717, 1.165) is 32.2 Å². The second kappa shape index (κ2) is 10.5. The van der Waals surface area contributed by atoms with Crippen LogP contribution in [-0.2, 0) is 14.2 Å². The van der Waals surface area contributed by atoms with Crippen molar-refractivity contribution in [2.24, 2.45) is 5.73 Å². The van der Waals surface area contributed by atoms with Crippen molar-refractivity contribution in [1.29, 1.82) is 0 Å². The molecule has 0 heterocycles. The summed E-state index contributed by atoms with van der Waals surface area (Å²) in [6.07, 6.45) is 3.38. The van der Waals surface area contributed by atoms with Crippen LogP contribution in [0.5, 0.6) is 0 Å². The van der Waals surface area contributed by atoms with Gasteiger partial charge in [0.05, 0.1) is 38.0 Å². The average Bonchev–Trinajstić information content (AvgIpc) is 3.20. The van der Waals surface area contributed by atoms with Gasteiger partial charge in [0.25, 0.3) is 0 Å². The Morgan fingerprint density at radius 2 is 1.74 bits per heavy atom. The number of hydrogen-bond donors (Lipinski definition) is 1. The summed E-state index contributed by atoms with van der Waals surface area (Å²) in [6, 6.07) is 0.718. The molecule has 0 aromatic rings. The van der Waals surface area contributed by atoms with Crippen molar-refractivity contribution in [1.82, 2.24) is 4.90 Å². The smallest absolute Gasteiger partial charge is 0.0740 e. The van der Waals surface area contributed by atoms with Crippen molar-refractivity contribution in [2.75, 3.05) is 53.2 Å². The van der Waals surface area contributed by atoms with Gasteiger partial charge in [-0.3, -0.25) is 4.90 Å². The van der Waals surface area contributed by atoms with Crippen molar-refractivity contribution in [3.05, 3.63) is 0 Å². The van der Waals surface area contributed by atoms with Gasteiger partial charge < -0.3 is 19.9 Å². The maximum atomic E-state index is 5.56. The normalized spacial score (nSPS) is 15.1. The lowest BCUT2D eigenvalue weighted by molar-refractivity contribution is 0.0191. The van der Waals surface area contributed by atoms with E-state index >= 15 is 0 Å². The molecule has 0 aliphatic heterocycles. The third-order valence-electron chi connectivity index (χ3n) is 3.04. The van der Waals surface area contributed by atoms with Gasteiger partial charge in [0, 0.05) is 32.7 Å².